The molecule has 0 amide bonds. The maximum Gasteiger partial charge on any atom is 0.139 e. The van der Waals surface area contributed by atoms with Crippen LogP contribution >= 0.6 is 0 Å². The Labute approximate surface area is 143 Å². The van der Waals surface area contributed by atoms with Gasteiger partial charge in [-0.15, -0.1) is 0 Å². The van der Waals surface area contributed by atoms with Gasteiger partial charge in [-0.1, -0.05) is 60.7 Å². The summed E-state index contributed by atoms with van der Waals surface area (Å²) in [7, 11) is 2.03. The van der Waals surface area contributed by atoms with Crippen LogP contribution in [0.5, 0.6) is 0 Å². The number of likely N-dealkylation sites (N-methyl/N-ethyl adjacent to an activating group) is 1. The molecule has 0 spiro atoms. The molecule has 0 aliphatic carbocycles. The first-order chi connectivity index (χ1) is 11.7. The van der Waals surface area contributed by atoms with Gasteiger partial charge in [0, 0.05) is 31.0 Å². The zero-order valence-corrected chi connectivity index (χ0v) is 13.9. The Balaban J connectivity index is 1.59. The van der Waals surface area contributed by atoms with Crippen LogP contribution in [0.1, 0.15) is 5.56 Å². The van der Waals surface area contributed by atoms with Crippen molar-refractivity contribution in [1.82, 2.24) is 14.5 Å². The van der Waals surface area contributed by atoms with Gasteiger partial charge in [0.15, 0.2) is 0 Å². The molecule has 0 radical (unpaired) electrons. The molecule has 0 bridgehead atoms. The number of imidazole rings is 1. The lowest BCUT2D eigenvalue weighted by Crippen LogP contribution is -2.31. The van der Waals surface area contributed by atoms with E-state index >= 15 is 0 Å². The fraction of sp³-hybridized carbons (Fsp3) is 0.250. The van der Waals surface area contributed by atoms with Crippen molar-refractivity contribution in [3.05, 3.63) is 78.6 Å². The minimum absolute atomic E-state index is 0.449. The van der Waals surface area contributed by atoms with E-state index in [2.05, 4.69) is 22.0 Å². The molecule has 1 atom stereocenters. The summed E-state index contributed by atoms with van der Waals surface area (Å²) in [6.45, 7) is 1.97. The van der Waals surface area contributed by atoms with Gasteiger partial charge in [0.1, 0.15) is 5.82 Å². The number of hydrogen-bond acceptors (Lipinski definition) is 3. The van der Waals surface area contributed by atoms with Crippen LogP contribution in [0.2, 0.25) is 0 Å². The quantitative estimate of drug-likeness (QED) is 0.727. The smallest absolute Gasteiger partial charge is 0.139 e. The Morgan fingerprint density at radius 2 is 1.71 bits per heavy atom. The number of nitrogens with zero attached hydrogens (tertiary/aromatic N) is 3. The third kappa shape index (κ3) is 4.31. The summed E-state index contributed by atoms with van der Waals surface area (Å²) in [5, 5.41) is 10.5. The summed E-state index contributed by atoms with van der Waals surface area (Å²) >= 11 is 0. The third-order valence-electron chi connectivity index (χ3n) is 3.97. The Morgan fingerprint density at radius 3 is 2.42 bits per heavy atom. The topological polar surface area (TPSA) is 41.3 Å². The first kappa shape index (κ1) is 16.4. The maximum absolute atomic E-state index is 10.5. The SMILES string of the molecule is CN(Cc1ccccc1)CC(O)Cn1ccnc1-c1ccccc1. The highest BCUT2D eigenvalue weighted by molar-refractivity contribution is 5.55. The molecule has 24 heavy (non-hydrogen) atoms. The van der Waals surface area contributed by atoms with Crippen LogP contribution in [0.15, 0.2) is 73.1 Å². The molecule has 0 aliphatic heterocycles. The Hall–Kier alpha value is -2.43. The molecular formula is C20H23N3O. The van der Waals surface area contributed by atoms with Gasteiger partial charge in [0.05, 0.1) is 12.6 Å². The van der Waals surface area contributed by atoms with Crippen molar-refractivity contribution in [2.75, 3.05) is 13.6 Å². The standard InChI is InChI=1S/C20H23N3O/c1-22(14-17-8-4-2-5-9-17)15-19(24)16-23-13-12-21-20(23)18-10-6-3-7-11-18/h2-13,19,24H,14-16H2,1H3. The van der Waals surface area contributed by atoms with Crippen LogP contribution in [-0.4, -0.2) is 39.3 Å². The molecule has 3 aromatic rings. The Bertz CT molecular complexity index is 740. The third-order valence-corrected chi connectivity index (χ3v) is 3.97. The predicted octanol–water partition coefficient (Wildman–Crippen LogP) is 3.04. The zero-order chi connectivity index (χ0) is 16.8. The van der Waals surface area contributed by atoms with E-state index < -0.39 is 6.10 Å². The van der Waals surface area contributed by atoms with Gasteiger partial charge in [-0.05, 0) is 12.6 Å². The average Bonchev–Trinajstić information content (AvgIpc) is 3.04. The second-order valence-electron chi connectivity index (χ2n) is 6.11. The van der Waals surface area contributed by atoms with Crippen LogP contribution < -0.4 is 0 Å². The predicted molar refractivity (Wildman–Crippen MR) is 96.4 cm³/mol. The molecule has 3 rings (SSSR count). The number of aliphatic hydroxyl groups is 1. The van der Waals surface area contributed by atoms with Crippen LogP contribution in [-0.2, 0) is 13.1 Å². The van der Waals surface area contributed by atoms with Gasteiger partial charge in [-0.2, -0.15) is 0 Å². The van der Waals surface area contributed by atoms with Crippen molar-refractivity contribution in [1.29, 1.82) is 0 Å². The fourth-order valence-corrected chi connectivity index (χ4v) is 2.91. The lowest BCUT2D eigenvalue weighted by atomic mass is 10.2. The lowest BCUT2D eigenvalue weighted by molar-refractivity contribution is 0.107. The summed E-state index contributed by atoms with van der Waals surface area (Å²) in [6.07, 6.45) is 3.25. The Morgan fingerprint density at radius 1 is 1.04 bits per heavy atom. The van der Waals surface area contributed by atoms with E-state index in [1.54, 1.807) is 6.20 Å². The molecule has 1 heterocycles. The zero-order valence-electron chi connectivity index (χ0n) is 13.9. The summed E-state index contributed by atoms with van der Waals surface area (Å²) < 4.78 is 2.01. The number of aliphatic hydroxyl groups excluding tert-OH is 1. The monoisotopic (exact) mass is 321 g/mol. The van der Waals surface area contributed by atoms with Crippen LogP contribution in [0.25, 0.3) is 11.4 Å². The van der Waals surface area contributed by atoms with Crippen LogP contribution in [0, 0.1) is 0 Å². The van der Waals surface area contributed by atoms with Gasteiger partial charge in [0.25, 0.3) is 0 Å². The van der Waals surface area contributed by atoms with E-state index in [0.29, 0.717) is 13.1 Å². The first-order valence-corrected chi connectivity index (χ1v) is 8.19. The average molecular weight is 321 g/mol. The van der Waals surface area contributed by atoms with Gasteiger partial charge in [-0.3, -0.25) is 4.90 Å². The molecule has 4 nitrogen and oxygen atoms in total. The molecule has 4 heteroatoms. The van der Waals surface area contributed by atoms with Crippen molar-refractivity contribution in [3.8, 4) is 11.4 Å². The number of benzene rings is 2. The van der Waals surface area contributed by atoms with E-state index in [4.69, 9.17) is 0 Å². The minimum Gasteiger partial charge on any atom is -0.390 e. The number of aromatic nitrogens is 2. The molecule has 0 saturated heterocycles. The lowest BCUT2D eigenvalue weighted by Gasteiger charge is -2.21. The maximum atomic E-state index is 10.5. The first-order valence-electron chi connectivity index (χ1n) is 8.19. The highest BCUT2D eigenvalue weighted by Crippen LogP contribution is 2.17. The molecule has 2 aromatic carbocycles. The van der Waals surface area contributed by atoms with Crippen LogP contribution in [0.3, 0.4) is 0 Å². The second-order valence-corrected chi connectivity index (χ2v) is 6.11. The molecule has 0 fully saturated rings. The van der Waals surface area contributed by atoms with Crippen molar-refractivity contribution >= 4 is 0 Å². The van der Waals surface area contributed by atoms with Gasteiger partial charge >= 0.3 is 0 Å². The van der Waals surface area contributed by atoms with Gasteiger partial charge in [0.2, 0.25) is 0 Å². The van der Waals surface area contributed by atoms with E-state index in [0.717, 1.165) is 17.9 Å². The van der Waals surface area contributed by atoms with E-state index in [9.17, 15) is 5.11 Å². The summed E-state index contributed by atoms with van der Waals surface area (Å²) in [4.78, 5) is 6.56. The summed E-state index contributed by atoms with van der Waals surface area (Å²) in [6, 6.07) is 20.4. The molecule has 0 saturated carbocycles. The molecule has 0 aliphatic rings. The van der Waals surface area contributed by atoms with Crippen molar-refractivity contribution in [2.45, 2.75) is 19.2 Å². The largest absolute Gasteiger partial charge is 0.390 e. The van der Waals surface area contributed by atoms with E-state index in [1.165, 1.54) is 5.56 Å². The summed E-state index contributed by atoms with van der Waals surface area (Å²) in [5.41, 5.74) is 2.31. The molecule has 124 valence electrons. The molecule has 1 N–H and O–H groups in total. The molecule has 1 aromatic heterocycles. The van der Waals surface area contributed by atoms with Crippen molar-refractivity contribution in [3.63, 3.8) is 0 Å². The fourth-order valence-electron chi connectivity index (χ4n) is 2.91. The van der Waals surface area contributed by atoms with Gasteiger partial charge in [-0.25, -0.2) is 4.98 Å². The normalized spacial score (nSPS) is 12.5. The highest BCUT2D eigenvalue weighted by atomic mass is 16.3. The van der Waals surface area contributed by atoms with Gasteiger partial charge < -0.3 is 9.67 Å². The number of rotatable bonds is 7. The highest BCUT2D eigenvalue weighted by Gasteiger charge is 2.12. The second kappa shape index (κ2) is 7.90. The molecular weight excluding hydrogens is 298 g/mol. The summed E-state index contributed by atoms with van der Waals surface area (Å²) in [5.74, 6) is 0.889. The van der Waals surface area contributed by atoms with E-state index in [1.807, 2.05) is 66.3 Å². The van der Waals surface area contributed by atoms with Crippen molar-refractivity contribution in [2.24, 2.45) is 0 Å². The van der Waals surface area contributed by atoms with E-state index in [-0.39, 0.29) is 0 Å². The number of hydrogen-bond donors (Lipinski definition) is 1. The van der Waals surface area contributed by atoms with Crippen molar-refractivity contribution < 1.29 is 5.11 Å². The molecule has 1 unspecified atom stereocenters. The van der Waals surface area contributed by atoms with Crippen LogP contribution in [0.4, 0.5) is 0 Å². The Kier molecular flexibility index (Phi) is 5.41. The minimum atomic E-state index is -0.449.